The summed E-state index contributed by atoms with van der Waals surface area (Å²) in [5.41, 5.74) is 1.07. The van der Waals surface area contributed by atoms with Crippen molar-refractivity contribution in [3.8, 4) is 0 Å². The first-order valence-electron chi connectivity index (χ1n) is 8.30. The maximum atomic E-state index is 12.4. The average Bonchev–Trinajstić information content (AvgIpc) is 2.54. The molecular weight excluding hydrogens is 296 g/mol. The van der Waals surface area contributed by atoms with Crippen LogP contribution >= 0.6 is 0 Å². The third-order valence-corrected chi connectivity index (χ3v) is 6.82. The molecule has 0 aromatic heterocycles. The summed E-state index contributed by atoms with van der Waals surface area (Å²) in [5, 5.41) is 0. The number of hydrogen-bond donors (Lipinski definition) is 1. The number of sulfonamides is 1. The van der Waals surface area contributed by atoms with E-state index < -0.39 is 10.0 Å². The summed E-state index contributed by atoms with van der Waals surface area (Å²) in [7, 11) is -3.39. The van der Waals surface area contributed by atoms with E-state index in [2.05, 4.69) is 16.5 Å². The quantitative estimate of drug-likeness (QED) is 0.905. The van der Waals surface area contributed by atoms with Crippen molar-refractivity contribution < 1.29 is 8.42 Å². The van der Waals surface area contributed by atoms with E-state index in [0.29, 0.717) is 17.5 Å². The molecule has 1 aromatic rings. The van der Waals surface area contributed by atoms with Gasteiger partial charge in [0.1, 0.15) is 0 Å². The van der Waals surface area contributed by atoms with Crippen LogP contribution < -0.4 is 4.72 Å². The van der Waals surface area contributed by atoms with Gasteiger partial charge in [0, 0.05) is 19.1 Å². The predicted molar refractivity (Wildman–Crippen MR) is 88.2 cm³/mol. The number of nitrogens with one attached hydrogen (secondary N) is 1. The monoisotopic (exact) mass is 322 g/mol. The number of rotatable bonds is 5. The van der Waals surface area contributed by atoms with Crippen LogP contribution in [0.25, 0.3) is 0 Å². The summed E-state index contributed by atoms with van der Waals surface area (Å²) in [5.74, 6) is 1.59. The van der Waals surface area contributed by atoms with E-state index in [1.807, 2.05) is 19.1 Å². The summed E-state index contributed by atoms with van der Waals surface area (Å²) >= 11 is 0. The lowest BCUT2D eigenvalue weighted by Crippen LogP contribution is -2.56. The second-order valence-corrected chi connectivity index (χ2v) is 8.53. The summed E-state index contributed by atoms with van der Waals surface area (Å²) in [6.07, 6.45) is 3.65. The third kappa shape index (κ3) is 3.21. The Bertz CT molecular complexity index is 612. The molecule has 3 saturated heterocycles. The first-order valence-corrected chi connectivity index (χ1v) is 9.78. The Morgan fingerprint density at radius 2 is 2.00 bits per heavy atom. The fourth-order valence-corrected chi connectivity index (χ4v) is 5.00. The van der Waals surface area contributed by atoms with E-state index >= 15 is 0 Å². The lowest BCUT2D eigenvalue weighted by molar-refractivity contribution is 0.00236. The molecule has 4 rings (SSSR count). The molecule has 2 bridgehead atoms. The van der Waals surface area contributed by atoms with Crippen molar-refractivity contribution in [3.05, 3.63) is 29.8 Å². The molecule has 22 heavy (non-hydrogen) atoms. The van der Waals surface area contributed by atoms with Gasteiger partial charge in [0.15, 0.2) is 0 Å². The Kier molecular flexibility index (Phi) is 4.57. The highest BCUT2D eigenvalue weighted by Gasteiger charge is 2.39. The van der Waals surface area contributed by atoms with Crippen LogP contribution in [0.1, 0.15) is 31.7 Å². The van der Waals surface area contributed by atoms with Crippen LogP contribution in [0.2, 0.25) is 0 Å². The fraction of sp³-hybridized carbons (Fsp3) is 0.647. The molecule has 3 heterocycles. The highest BCUT2D eigenvalue weighted by Crippen LogP contribution is 2.37. The van der Waals surface area contributed by atoms with Gasteiger partial charge in [-0.3, -0.25) is 4.90 Å². The number of nitrogens with zero attached hydrogens (tertiary/aromatic N) is 1. The SMILES string of the molecule is CC[C@@H]1CN2CC[C@H]1C[C@@H]2CNS(=O)(=O)c1ccc(C)cc1. The largest absolute Gasteiger partial charge is 0.299 e. The average molecular weight is 322 g/mol. The number of aryl methyl sites for hydroxylation is 1. The maximum Gasteiger partial charge on any atom is 0.240 e. The number of benzene rings is 1. The van der Waals surface area contributed by atoms with Crippen LogP contribution in [-0.2, 0) is 10.0 Å². The highest BCUT2D eigenvalue weighted by molar-refractivity contribution is 7.89. The van der Waals surface area contributed by atoms with Gasteiger partial charge in [-0.15, -0.1) is 0 Å². The molecule has 4 atom stereocenters. The van der Waals surface area contributed by atoms with E-state index in [0.717, 1.165) is 36.9 Å². The minimum atomic E-state index is -3.39. The van der Waals surface area contributed by atoms with Crippen molar-refractivity contribution in [2.45, 2.75) is 44.0 Å². The minimum Gasteiger partial charge on any atom is -0.299 e. The van der Waals surface area contributed by atoms with Gasteiger partial charge in [-0.1, -0.05) is 31.0 Å². The molecule has 0 saturated carbocycles. The van der Waals surface area contributed by atoms with Crippen molar-refractivity contribution in [1.29, 1.82) is 0 Å². The van der Waals surface area contributed by atoms with Crippen LogP contribution in [0.3, 0.4) is 0 Å². The Balaban J connectivity index is 1.62. The second-order valence-electron chi connectivity index (χ2n) is 6.77. The van der Waals surface area contributed by atoms with Gasteiger partial charge >= 0.3 is 0 Å². The molecule has 1 unspecified atom stereocenters. The minimum absolute atomic E-state index is 0.362. The zero-order valence-corrected chi connectivity index (χ0v) is 14.3. The van der Waals surface area contributed by atoms with Crippen molar-refractivity contribution in [1.82, 2.24) is 9.62 Å². The molecule has 122 valence electrons. The molecule has 5 heteroatoms. The molecular formula is C17H26N2O2S. The van der Waals surface area contributed by atoms with Crippen molar-refractivity contribution in [3.63, 3.8) is 0 Å². The van der Waals surface area contributed by atoms with Crippen molar-refractivity contribution in [2.75, 3.05) is 19.6 Å². The van der Waals surface area contributed by atoms with Crippen LogP contribution in [0, 0.1) is 18.8 Å². The molecule has 0 aliphatic carbocycles. The van der Waals surface area contributed by atoms with Gasteiger partial charge in [0.2, 0.25) is 10.0 Å². The van der Waals surface area contributed by atoms with Gasteiger partial charge in [0.05, 0.1) is 4.90 Å². The molecule has 3 aliphatic rings. The molecule has 0 amide bonds. The summed E-state index contributed by atoms with van der Waals surface area (Å²) in [6, 6.07) is 7.40. The van der Waals surface area contributed by atoms with Gasteiger partial charge in [-0.25, -0.2) is 13.1 Å². The third-order valence-electron chi connectivity index (χ3n) is 5.38. The van der Waals surface area contributed by atoms with Crippen LogP contribution in [-0.4, -0.2) is 39.0 Å². The van der Waals surface area contributed by atoms with Crippen LogP contribution in [0.4, 0.5) is 0 Å². The van der Waals surface area contributed by atoms with Crippen molar-refractivity contribution in [2.24, 2.45) is 11.8 Å². The van der Waals surface area contributed by atoms with Crippen LogP contribution in [0.15, 0.2) is 29.2 Å². The van der Waals surface area contributed by atoms with Gasteiger partial charge in [0.25, 0.3) is 0 Å². The summed E-state index contributed by atoms with van der Waals surface area (Å²) in [6.45, 7) is 7.01. The Hall–Kier alpha value is -0.910. The molecule has 4 nitrogen and oxygen atoms in total. The van der Waals surface area contributed by atoms with Crippen LogP contribution in [0.5, 0.6) is 0 Å². The smallest absolute Gasteiger partial charge is 0.240 e. The molecule has 1 N–H and O–H groups in total. The first-order chi connectivity index (χ1) is 10.5. The first kappa shape index (κ1) is 16.0. The zero-order chi connectivity index (χ0) is 15.7. The van der Waals surface area contributed by atoms with E-state index in [-0.39, 0.29) is 0 Å². The zero-order valence-electron chi connectivity index (χ0n) is 13.5. The molecule has 1 aromatic carbocycles. The Morgan fingerprint density at radius 1 is 1.27 bits per heavy atom. The van der Waals surface area contributed by atoms with E-state index in [4.69, 9.17) is 0 Å². The fourth-order valence-electron chi connectivity index (χ4n) is 3.93. The van der Waals surface area contributed by atoms with E-state index in [1.54, 1.807) is 12.1 Å². The molecule has 3 aliphatic heterocycles. The van der Waals surface area contributed by atoms with Gasteiger partial charge in [-0.05, 0) is 50.3 Å². The number of piperidine rings is 3. The second kappa shape index (κ2) is 6.30. The molecule has 3 fully saturated rings. The van der Waals surface area contributed by atoms with E-state index in [1.165, 1.54) is 12.8 Å². The highest BCUT2D eigenvalue weighted by atomic mass is 32.2. The molecule has 0 radical (unpaired) electrons. The molecule has 0 spiro atoms. The topological polar surface area (TPSA) is 49.4 Å². The van der Waals surface area contributed by atoms with Crippen molar-refractivity contribution >= 4 is 10.0 Å². The van der Waals surface area contributed by atoms with Gasteiger partial charge < -0.3 is 0 Å². The summed E-state index contributed by atoms with van der Waals surface area (Å²) in [4.78, 5) is 2.84. The summed E-state index contributed by atoms with van der Waals surface area (Å²) < 4.78 is 27.6. The van der Waals surface area contributed by atoms with Gasteiger partial charge in [-0.2, -0.15) is 0 Å². The maximum absolute atomic E-state index is 12.4. The predicted octanol–water partition coefficient (Wildman–Crippen LogP) is 2.39. The Morgan fingerprint density at radius 3 is 2.59 bits per heavy atom. The Labute approximate surface area is 134 Å². The standard InChI is InChI=1S/C17H26N2O2S/c1-3-14-12-19-9-8-15(14)10-16(19)11-18-22(20,21)17-6-4-13(2)5-7-17/h4-7,14-16,18H,3,8-12H2,1-2H3/t14-,15+,16-/m1/s1. The normalized spacial score (nSPS) is 31.4. The number of hydrogen-bond acceptors (Lipinski definition) is 3. The lowest BCUT2D eigenvalue weighted by Gasteiger charge is -2.49. The lowest BCUT2D eigenvalue weighted by atomic mass is 9.74. The van der Waals surface area contributed by atoms with E-state index in [9.17, 15) is 8.42 Å². The number of fused-ring (bicyclic) bond motifs is 3.